The lowest BCUT2D eigenvalue weighted by Crippen LogP contribution is -2.22. The average molecular weight is 921 g/mol. The van der Waals surface area contributed by atoms with E-state index in [0.29, 0.717) is 45.6 Å². The van der Waals surface area contributed by atoms with E-state index in [1.54, 1.807) is 24.3 Å². The highest BCUT2D eigenvalue weighted by molar-refractivity contribution is 7.92. The summed E-state index contributed by atoms with van der Waals surface area (Å²) in [5, 5.41) is 2.17. The summed E-state index contributed by atoms with van der Waals surface area (Å²) in [5.41, 5.74) is 1.16. The summed E-state index contributed by atoms with van der Waals surface area (Å²) >= 11 is 0. The van der Waals surface area contributed by atoms with Gasteiger partial charge in [-0.25, -0.2) is 8.42 Å². The first-order chi connectivity index (χ1) is 31.1. The van der Waals surface area contributed by atoms with Gasteiger partial charge in [0.25, 0.3) is 11.8 Å². The minimum atomic E-state index is -4.62. The molecule has 0 radical (unpaired) electrons. The monoisotopic (exact) mass is 920 g/mol. The highest BCUT2D eigenvalue weighted by Crippen LogP contribution is 2.44. The molecule has 2 amide bonds. The largest absolute Gasteiger partial charge is 0.496 e. The Kier molecular flexibility index (Phi) is 18.0. The van der Waals surface area contributed by atoms with Crippen LogP contribution in [0.5, 0.6) is 46.0 Å². The van der Waals surface area contributed by atoms with E-state index in [1.807, 2.05) is 0 Å². The molecule has 0 spiro atoms. The first-order valence-electron chi connectivity index (χ1n) is 19.5. The van der Waals surface area contributed by atoms with Crippen molar-refractivity contribution < 1.29 is 75.0 Å². The van der Waals surface area contributed by atoms with Crippen molar-refractivity contribution in [2.45, 2.75) is 24.3 Å². The maximum Gasteiger partial charge on any atom is 0.303 e. The van der Waals surface area contributed by atoms with E-state index in [1.165, 1.54) is 118 Å². The molecule has 65 heavy (non-hydrogen) atoms. The second kappa shape index (κ2) is 23.3. The molecule has 0 saturated heterocycles. The van der Waals surface area contributed by atoms with Crippen LogP contribution in [-0.2, 0) is 38.5 Å². The third-order valence-electron chi connectivity index (χ3n) is 9.55. The van der Waals surface area contributed by atoms with Crippen LogP contribution >= 0.6 is 0 Å². The molecular formula is C46H52N2O16S. The van der Waals surface area contributed by atoms with Gasteiger partial charge in [0.1, 0.15) is 56.5 Å². The molecule has 18 nitrogen and oxygen atoms in total. The first-order valence-corrected chi connectivity index (χ1v) is 21.1. The van der Waals surface area contributed by atoms with Crippen LogP contribution in [0.15, 0.2) is 72.8 Å². The van der Waals surface area contributed by atoms with Crippen LogP contribution in [0.2, 0.25) is 0 Å². The number of carbonyl (C=O) groups excluding carboxylic acids is 4. The van der Waals surface area contributed by atoms with Gasteiger partial charge in [-0.05, 0) is 47.5 Å². The molecule has 0 heterocycles. The van der Waals surface area contributed by atoms with Crippen LogP contribution in [0.3, 0.4) is 0 Å². The Morgan fingerprint density at radius 1 is 0.492 bits per heavy atom. The van der Waals surface area contributed by atoms with Gasteiger partial charge in [0.2, 0.25) is 0 Å². The maximum absolute atomic E-state index is 15.8. The highest BCUT2D eigenvalue weighted by Gasteiger charge is 2.35. The molecule has 2 atom stereocenters. The molecule has 0 aliphatic rings. The number of methoxy groups -OCH3 is 8. The zero-order valence-corrected chi connectivity index (χ0v) is 38.4. The molecule has 4 aromatic rings. The van der Waals surface area contributed by atoms with Crippen molar-refractivity contribution in [3.8, 4) is 46.0 Å². The standard InChI is InChI=1S/C46H52N2O16S/c1-27(49)63-25-45(51)47-35-19-29(11-15-37(35)57-5)43(17-13-33-39(59-7)21-31(55-3)22-40(33)60-8)65(53,54)44(18-14-34-41(61-9)23-32(56-4)24-42(34)62-10)30-12-16-38(58-6)36(20-30)48-46(52)26-64-28(2)50/h11-24,43-44H,25-26H2,1-10H3,(H,47,51)(H,48,52). The zero-order valence-electron chi connectivity index (χ0n) is 37.6. The lowest BCUT2D eigenvalue weighted by atomic mass is 10.1. The Morgan fingerprint density at radius 2 is 0.815 bits per heavy atom. The van der Waals surface area contributed by atoms with Crippen molar-refractivity contribution >= 4 is 57.1 Å². The van der Waals surface area contributed by atoms with Crippen molar-refractivity contribution in [2.75, 3.05) is 80.7 Å². The fraction of sp³-hybridized carbons (Fsp3) is 0.304. The van der Waals surface area contributed by atoms with Crippen molar-refractivity contribution in [1.29, 1.82) is 0 Å². The predicted molar refractivity (Wildman–Crippen MR) is 241 cm³/mol. The smallest absolute Gasteiger partial charge is 0.303 e. The van der Waals surface area contributed by atoms with Crippen LogP contribution in [0.25, 0.3) is 12.2 Å². The quantitative estimate of drug-likeness (QED) is 0.0817. The lowest BCUT2D eigenvalue weighted by Gasteiger charge is -2.24. The summed E-state index contributed by atoms with van der Waals surface area (Å²) in [6.45, 7) is 1.06. The second-order valence-corrected chi connectivity index (χ2v) is 15.8. The molecule has 0 saturated carbocycles. The maximum atomic E-state index is 15.8. The summed E-state index contributed by atoms with van der Waals surface area (Å²) in [5.74, 6) is -0.475. The Hall–Kier alpha value is -7.41. The van der Waals surface area contributed by atoms with Crippen LogP contribution in [0, 0.1) is 0 Å². The number of hydrogen-bond acceptors (Lipinski definition) is 16. The Bertz CT molecular complexity index is 2320. The normalized spacial score (nSPS) is 12.1. The number of sulfone groups is 1. The van der Waals surface area contributed by atoms with Gasteiger partial charge in [0.05, 0.1) is 79.4 Å². The molecule has 4 rings (SSSR count). The molecule has 0 aliphatic heterocycles. The van der Waals surface area contributed by atoms with E-state index in [4.69, 9.17) is 47.4 Å². The number of amides is 2. The van der Waals surface area contributed by atoms with E-state index in [9.17, 15) is 19.2 Å². The average Bonchev–Trinajstić information content (AvgIpc) is 3.29. The van der Waals surface area contributed by atoms with Gasteiger partial charge in [0, 0.05) is 38.1 Å². The molecule has 0 bridgehead atoms. The van der Waals surface area contributed by atoms with E-state index in [0.717, 1.165) is 13.8 Å². The van der Waals surface area contributed by atoms with E-state index < -0.39 is 57.3 Å². The Morgan fingerprint density at radius 3 is 1.09 bits per heavy atom. The number of rotatable bonds is 22. The first kappa shape index (κ1) is 50.2. The van der Waals surface area contributed by atoms with Crippen LogP contribution in [0.1, 0.15) is 46.6 Å². The van der Waals surface area contributed by atoms with Gasteiger partial charge >= 0.3 is 11.9 Å². The summed E-state index contributed by atoms with van der Waals surface area (Å²) in [4.78, 5) is 48.9. The number of hydrogen-bond donors (Lipinski definition) is 2. The van der Waals surface area contributed by atoms with Crippen LogP contribution < -0.4 is 48.5 Å². The molecule has 2 N–H and O–H groups in total. The molecule has 0 aliphatic carbocycles. The Balaban J connectivity index is 2.08. The van der Waals surface area contributed by atoms with Gasteiger partial charge in [-0.3, -0.25) is 19.2 Å². The lowest BCUT2D eigenvalue weighted by molar-refractivity contribution is -0.145. The third kappa shape index (κ3) is 12.8. The molecular weight excluding hydrogens is 869 g/mol. The van der Waals surface area contributed by atoms with E-state index >= 15 is 8.42 Å². The summed E-state index contributed by atoms with van der Waals surface area (Å²) in [7, 11) is 6.78. The topological polar surface area (TPSA) is 219 Å². The van der Waals surface area contributed by atoms with E-state index in [2.05, 4.69) is 10.6 Å². The highest BCUT2D eigenvalue weighted by atomic mass is 32.2. The third-order valence-corrected chi connectivity index (χ3v) is 11.8. The molecule has 0 aromatic heterocycles. The molecule has 2 unspecified atom stereocenters. The van der Waals surface area contributed by atoms with Crippen molar-refractivity contribution in [2.24, 2.45) is 0 Å². The second-order valence-electron chi connectivity index (χ2n) is 13.6. The Labute approximate surface area is 377 Å². The van der Waals surface area contributed by atoms with Gasteiger partial charge in [0.15, 0.2) is 23.1 Å². The van der Waals surface area contributed by atoms with Crippen LogP contribution in [0.4, 0.5) is 11.4 Å². The number of ether oxygens (including phenoxy) is 10. The fourth-order valence-corrected chi connectivity index (χ4v) is 8.41. The van der Waals surface area contributed by atoms with Gasteiger partial charge in [-0.15, -0.1) is 0 Å². The summed E-state index contributed by atoms with van der Waals surface area (Å²) < 4.78 is 85.9. The molecule has 4 aromatic carbocycles. The molecule has 0 fully saturated rings. The van der Waals surface area contributed by atoms with E-state index in [-0.39, 0.29) is 34.0 Å². The van der Waals surface area contributed by atoms with Crippen molar-refractivity contribution in [3.63, 3.8) is 0 Å². The molecule has 348 valence electrons. The number of nitrogens with one attached hydrogen (secondary N) is 2. The van der Waals surface area contributed by atoms with Gasteiger partial charge < -0.3 is 58.0 Å². The SMILES string of the molecule is COc1cc(OC)c(C=CC(c2ccc(OC)c(NC(=O)COC(C)=O)c2)S(=O)(=O)C(C=Cc2c(OC)cc(OC)cc2OC)c2ccc(OC)c(NC(=O)COC(C)=O)c2)c(OC)c1. The predicted octanol–water partition coefficient (Wildman–Crippen LogP) is 6.38. The minimum absolute atomic E-state index is 0.0670. The fourth-order valence-electron chi connectivity index (χ4n) is 6.45. The summed E-state index contributed by atoms with van der Waals surface area (Å²) in [6.07, 6.45) is 5.89. The number of benzene rings is 4. The zero-order chi connectivity index (χ0) is 47.8. The van der Waals surface area contributed by atoms with Gasteiger partial charge in [-0.1, -0.05) is 24.3 Å². The number of anilines is 2. The van der Waals surface area contributed by atoms with Crippen molar-refractivity contribution in [1.82, 2.24) is 0 Å². The molecule has 19 heteroatoms. The number of esters is 2. The number of carbonyl (C=O) groups is 4. The van der Waals surface area contributed by atoms with Crippen molar-refractivity contribution in [3.05, 3.63) is 95.1 Å². The summed E-state index contributed by atoms with van der Waals surface area (Å²) in [6, 6.07) is 15.2. The minimum Gasteiger partial charge on any atom is -0.496 e. The van der Waals surface area contributed by atoms with Gasteiger partial charge in [-0.2, -0.15) is 0 Å². The van der Waals surface area contributed by atoms with Crippen LogP contribution in [-0.4, -0.2) is 102 Å².